The zero-order valence-electron chi connectivity index (χ0n) is 17.6. The summed E-state index contributed by atoms with van der Waals surface area (Å²) in [5.74, 6) is -3.54. The van der Waals surface area contributed by atoms with Crippen LogP contribution in [0, 0.1) is 0 Å². The quantitative estimate of drug-likeness (QED) is 0.542. The van der Waals surface area contributed by atoms with Gasteiger partial charge in [0.2, 0.25) is 5.91 Å². The Balaban J connectivity index is 1.63. The first kappa shape index (κ1) is 21.7. The van der Waals surface area contributed by atoms with Gasteiger partial charge in [-0.05, 0) is 37.5 Å². The molecular weight excluding hydrogens is 436 g/mol. The lowest BCUT2D eigenvalue weighted by Crippen LogP contribution is -2.45. The fourth-order valence-corrected chi connectivity index (χ4v) is 5.40. The zero-order valence-corrected chi connectivity index (χ0v) is 18.4. The third-order valence-corrected chi connectivity index (χ3v) is 6.92. The maximum absolute atomic E-state index is 13.0. The van der Waals surface area contributed by atoms with Gasteiger partial charge in [0.1, 0.15) is 11.0 Å². The highest BCUT2D eigenvalue weighted by Crippen LogP contribution is 2.46. The molecule has 0 spiro atoms. The number of hydrogen-bond acceptors (Lipinski definition) is 8. The molecule has 9 nitrogen and oxygen atoms in total. The van der Waals surface area contributed by atoms with E-state index in [-0.39, 0.29) is 21.7 Å². The number of methoxy groups -OCH3 is 2. The van der Waals surface area contributed by atoms with E-state index in [1.165, 1.54) is 44.6 Å². The van der Waals surface area contributed by atoms with Crippen molar-refractivity contribution in [3.63, 3.8) is 0 Å². The summed E-state index contributed by atoms with van der Waals surface area (Å²) in [6, 6.07) is 5.23. The topological polar surface area (TPSA) is 119 Å². The van der Waals surface area contributed by atoms with E-state index >= 15 is 0 Å². The summed E-state index contributed by atoms with van der Waals surface area (Å²) in [6.45, 7) is 1.44. The number of imide groups is 1. The average molecular weight is 456 g/mol. The van der Waals surface area contributed by atoms with Crippen molar-refractivity contribution in [1.29, 1.82) is 0 Å². The molecule has 1 N–H and O–H groups in total. The van der Waals surface area contributed by atoms with Crippen LogP contribution in [0.1, 0.15) is 60.8 Å². The number of aryl methyl sites for hydroxylation is 1. The molecule has 2 aromatic rings. The predicted molar refractivity (Wildman–Crippen MR) is 114 cm³/mol. The van der Waals surface area contributed by atoms with Gasteiger partial charge in [0.05, 0.1) is 36.8 Å². The maximum atomic E-state index is 13.0. The number of carbonyl (C=O) groups is 5. The first-order chi connectivity index (χ1) is 15.3. The summed E-state index contributed by atoms with van der Waals surface area (Å²) in [5.41, 5.74) is 1.08. The minimum atomic E-state index is -1.12. The molecule has 2 heterocycles. The Labute approximate surface area is 187 Å². The fourth-order valence-electron chi connectivity index (χ4n) is 4.13. The standard InChI is InChI=1S/C22H20N2O7S/c1-10(24-19(26)11-6-4-5-7-12(11)20(24)27)17(25)23-18-16(22(29)31-3)15-13(21(28)30-2)8-9-14(15)32-18/h4-7,10,13H,8-9H2,1-3H3,(H,23,25)/t10-,13-/m1/s1. The number of anilines is 1. The summed E-state index contributed by atoms with van der Waals surface area (Å²) in [6.07, 6.45) is 1.05. The molecule has 3 amide bonds. The van der Waals surface area contributed by atoms with Crippen molar-refractivity contribution in [3.05, 3.63) is 51.4 Å². The largest absolute Gasteiger partial charge is 0.469 e. The van der Waals surface area contributed by atoms with Crippen molar-refractivity contribution in [3.8, 4) is 0 Å². The molecule has 1 aromatic heterocycles. The molecule has 1 aliphatic heterocycles. The van der Waals surface area contributed by atoms with E-state index in [0.29, 0.717) is 18.4 Å². The highest BCUT2D eigenvalue weighted by atomic mass is 32.1. The van der Waals surface area contributed by atoms with E-state index < -0.39 is 41.6 Å². The SMILES string of the molecule is COC(=O)c1c(NC(=O)[C@@H](C)N2C(=O)c3ccccc3C2=O)sc2c1[C@H](C(=O)OC)CC2. The van der Waals surface area contributed by atoms with Crippen molar-refractivity contribution in [2.75, 3.05) is 19.5 Å². The number of nitrogens with one attached hydrogen (secondary N) is 1. The van der Waals surface area contributed by atoms with E-state index in [0.717, 1.165) is 9.78 Å². The van der Waals surface area contributed by atoms with Gasteiger partial charge >= 0.3 is 11.9 Å². The summed E-state index contributed by atoms with van der Waals surface area (Å²) in [4.78, 5) is 64.8. The van der Waals surface area contributed by atoms with Crippen LogP contribution in [0.3, 0.4) is 0 Å². The van der Waals surface area contributed by atoms with Gasteiger partial charge in [0.15, 0.2) is 0 Å². The summed E-state index contributed by atoms with van der Waals surface area (Å²) >= 11 is 1.17. The maximum Gasteiger partial charge on any atom is 0.341 e. The number of amides is 3. The van der Waals surface area contributed by atoms with Crippen LogP contribution in [-0.2, 0) is 25.5 Å². The highest BCUT2D eigenvalue weighted by molar-refractivity contribution is 7.17. The molecule has 166 valence electrons. The van der Waals surface area contributed by atoms with E-state index in [9.17, 15) is 24.0 Å². The lowest BCUT2D eigenvalue weighted by Gasteiger charge is -2.21. The molecule has 1 aromatic carbocycles. The van der Waals surface area contributed by atoms with Gasteiger partial charge < -0.3 is 14.8 Å². The summed E-state index contributed by atoms with van der Waals surface area (Å²) in [5, 5.41) is 2.87. The third-order valence-electron chi connectivity index (χ3n) is 5.73. The van der Waals surface area contributed by atoms with Gasteiger partial charge in [-0.15, -0.1) is 11.3 Å². The number of hydrogen-bond donors (Lipinski definition) is 1. The Morgan fingerprint density at radius 3 is 2.28 bits per heavy atom. The normalized spacial score (nSPS) is 17.6. The van der Waals surface area contributed by atoms with Gasteiger partial charge in [-0.3, -0.25) is 24.1 Å². The molecule has 0 fully saturated rings. The van der Waals surface area contributed by atoms with Gasteiger partial charge in [-0.1, -0.05) is 12.1 Å². The van der Waals surface area contributed by atoms with Crippen molar-refractivity contribution in [2.45, 2.75) is 31.7 Å². The lowest BCUT2D eigenvalue weighted by atomic mass is 9.99. The Kier molecular flexibility index (Phi) is 5.55. The molecule has 2 aliphatic rings. The first-order valence-electron chi connectivity index (χ1n) is 9.89. The van der Waals surface area contributed by atoms with E-state index in [1.54, 1.807) is 12.1 Å². The van der Waals surface area contributed by atoms with Crippen LogP contribution in [0.4, 0.5) is 5.00 Å². The third kappa shape index (κ3) is 3.27. The predicted octanol–water partition coefficient (Wildman–Crippen LogP) is 2.36. The second-order valence-corrected chi connectivity index (χ2v) is 8.55. The summed E-state index contributed by atoms with van der Waals surface area (Å²) < 4.78 is 9.74. The van der Waals surface area contributed by atoms with Crippen LogP contribution in [0.25, 0.3) is 0 Å². The summed E-state index contributed by atoms with van der Waals surface area (Å²) in [7, 11) is 2.48. The number of thiophene rings is 1. The van der Waals surface area contributed by atoms with E-state index in [4.69, 9.17) is 9.47 Å². The van der Waals surface area contributed by atoms with Crippen molar-refractivity contribution >= 4 is 46.0 Å². The van der Waals surface area contributed by atoms with Gasteiger partial charge in [0, 0.05) is 4.88 Å². The Morgan fingerprint density at radius 1 is 1.09 bits per heavy atom. The number of esters is 2. The van der Waals surface area contributed by atoms with Crippen LogP contribution < -0.4 is 5.32 Å². The second kappa shape index (κ2) is 8.19. The van der Waals surface area contributed by atoms with Crippen LogP contribution in [0.15, 0.2) is 24.3 Å². The van der Waals surface area contributed by atoms with E-state index in [1.807, 2.05) is 0 Å². The van der Waals surface area contributed by atoms with Crippen LogP contribution in [-0.4, -0.2) is 54.8 Å². The molecular formula is C22H20N2O7S. The smallest absolute Gasteiger partial charge is 0.341 e. The number of carbonyl (C=O) groups excluding carboxylic acids is 5. The molecule has 0 unspecified atom stereocenters. The Bertz CT molecular complexity index is 1130. The van der Waals surface area contributed by atoms with Gasteiger partial charge in [-0.25, -0.2) is 4.79 Å². The Morgan fingerprint density at radius 2 is 1.72 bits per heavy atom. The zero-order chi connectivity index (χ0) is 23.2. The second-order valence-electron chi connectivity index (χ2n) is 7.44. The minimum absolute atomic E-state index is 0.100. The monoisotopic (exact) mass is 456 g/mol. The number of ether oxygens (including phenoxy) is 2. The molecule has 10 heteroatoms. The van der Waals surface area contributed by atoms with Gasteiger partial charge in [-0.2, -0.15) is 0 Å². The molecule has 0 bridgehead atoms. The van der Waals surface area contributed by atoms with Crippen molar-refractivity contribution < 1.29 is 33.4 Å². The number of benzene rings is 1. The van der Waals surface area contributed by atoms with Crippen LogP contribution >= 0.6 is 11.3 Å². The number of fused-ring (bicyclic) bond motifs is 2. The lowest BCUT2D eigenvalue weighted by molar-refractivity contribution is -0.142. The van der Waals surface area contributed by atoms with Crippen molar-refractivity contribution in [2.24, 2.45) is 0 Å². The molecule has 4 rings (SSSR count). The molecule has 32 heavy (non-hydrogen) atoms. The molecule has 0 radical (unpaired) electrons. The number of rotatable bonds is 5. The van der Waals surface area contributed by atoms with E-state index in [2.05, 4.69) is 5.32 Å². The average Bonchev–Trinajstić information content (AvgIpc) is 3.43. The molecule has 0 saturated heterocycles. The fraction of sp³-hybridized carbons (Fsp3) is 0.318. The molecule has 2 atom stereocenters. The van der Waals surface area contributed by atoms with Crippen LogP contribution in [0.2, 0.25) is 0 Å². The number of nitrogens with zero attached hydrogens (tertiary/aromatic N) is 1. The first-order valence-corrected chi connectivity index (χ1v) is 10.7. The highest BCUT2D eigenvalue weighted by Gasteiger charge is 2.42. The molecule has 1 aliphatic carbocycles. The minimum Gasteiger partial charge on any atom is -0.469 e. The van der Waals surface area contributed by atoms with Gasteiger partial charge in [0.25, 0.3) is 11.8 Å². The van der Waals surface area contributed by atoms with Crippen molar-refractivity contribution in [1.82, 2.24) is 4.90 Å². The van der Waals surface area contributed by atoms with Crippen LogP contribution in [0.5, 0.6) is 0 Å². The molecule has 0 saturated carbocycles. The Hall–Kier alpha value is -3.53.